The van der Waals surface area contributed by atoms with Crippen molar-refractivity contribution in [3.63, 3.8) is 0 Å². The molecular formula is C14H27N3O. The van der Waals surface area contributed by atoms with Gasteiger partial charge in [0.05, 0.1) is 0 Å². The molecule has 0 spiro atoms. The van der Waals surface area contributed by atoms with E-state index in [1.807, 2.05) is 0 Å². The summed E-state index contributed by atoms with van der Waals surface area (Å²) in [6, 6.07) is 0.213. The van der Waals surface area contributed by atoms with E-state index in [0.717, 1.165) is 52.0 Å². The standard InChI is InChI=1S/C14H27N3O/c1-3-16-6-8-17(9-7-16)14(18)12-5-4-11(2)13(15)10-12/h11-13H,3-10,15H2,1-2H3. The molecule has 0 bridgehead atoms. The Bertz CT molecular complexity index is 287. The van der Waals surface area contributed by atoms with Gasteiger partial charge in [-0.2, -0.15) is 0 Å². The van der Waals surface area contributed by atoms with Crippen molar-refractivity contribution in [2.75, 3.05) is 32.7 Å². The smallest absolute Gasteiger partial charge is 0.225 e. The molecule has 18 heavy (non-hydrogen) atoms. The third-order valence-electron chi connectivity index (χ3n) is 4.74. The third kappa shape index (κ3) is 3.04. The first kappa shape index (κ1) is 13.8. The first-order valence-corrected chi connectivity index (χ1v) is 7.38. The van der Waals surface area contributed by atoms with Gasteiger partial charge in [-0.25, -0.2) is 0 Å². The Labute approximate surface area is 110 Å². The fourth-order valence-electron chi connectivity index (χ4n) is 3.12. The summed E-state index contributed by atoms with van der Waals surface area (Å²) in [5, 5.41) is 0. The highest BCUT2D eigenvalue weighted by Gasteiger charge is 2.33. The highest BCUT2D eigenvalue weighted by atomic mass is 16.2. The van der Waals surface area contributed by atoms with Crippen LogP contribution in [0.25, 0.3) is 0 Å². The van der Waals surface area contributed by atoms with Gasteiger partial charge in [-0.1, -0.05) is 13.8 Å². The summed E-state index contributed by atoms with van der Waals surface area (Å²) < 4.78 is 0. The monoisotopic (exact) mass is 253 g/mol. The number of nitrogens with zero attached hydrogens (tertiary/aromatic N) is 2. The molecule has 104 valence electrons. The molecule has 3 atom stereocenters. The lowest BCUT2D eigenvalue weighted by Crippen LogP contribution is -2.51. The Kier molecular flexibility index (Phi) is 4.62. The van der Waals surface area contributed by atoms with Crippen LogP contribution in [0.5, 0.6) is 0 Å². The van der Waals surface area contributed by atoms with Gasteiger partial charge in [0.15, 0.2) is 0 Å². The Morgan fingerprint density at radius 3 is 2.44 bits per heavy atom. The minimum atomic E-state index is 0.185. The normalized spacial score (nSPS) is 34.6. The fraction of sp³-hybridized carbons (Fsp3) is 0.929. The molecule has 4 nitrogen and oxygen atoms in total. The van der Waals surface area contributed by atoms with E-state index < -0.39 is 0 Å². The van der Waals surface area contributed by atoms with Crippen LogP contribution in [-0.2, 0) is 4.79 Å². The largest absolute Gasteiger partial charge is 0.340 e. The van der Waals surface area contributed by atoms with Crippen LogP contribution >= 0.6 is 0 Å². The zero-order chi connectivity index (χ0) is 13.1. The van der Waals surface area contributed by atoms with Crippen LogP contribution in [0.1, 0.15) is 33.1 Å². The van der Waals surface area contributed by atoms with Gasteiger partial charge < -0.3 is 15.5 Å². The molecule has 0 radical (unpaired) electrons. The van der Waals surface area contributed by atoms with Crippen molar-refractivity contribution in [1.82, 2.24) is 9.80 Å². The average Bonchev–Trinajstić information content (AvgIpc) is 2.41. The van der Waals surface area contributed by atoms with Gasteiger partial charge >= 0.3 is 0 Å². The van der Waals surface area contributed by atoms with E-state index in [-0.39, 0.29) is 12.0 Å². The van der Waals surface area contributed by atoms with Crippen LogP contribution in [0.15, 0.2) is 0 Å². The van der Waals surface area contributed by atoms with Crippen molar-refractivity contribution in [1.29, 1.82) is 0 Å². The molecule has 3 unspecified atom stereocenters. The number of carbonyl (C=O) groups is 1. The van der Waals surface area contributed by atoms with Crippen molar-refractivity contribution < 1.29 is 4.79 Å². The SMILES string of the molecule is CCN1CCN(C(=O)C2CCC(C)C(N)C2)CC1. The summed E-state index contributed by atoms with van der Waals surface area (Å²) in [6.07, 6.45) is 3.02. The minimum absolute atomic E-state index is 0.185. The molecule has 1 aliphatic heterocycles. The van der Waals surface area contributed by atoms with Crippen molar-refractivity contribution in [2.45, 2.75) is 39.2 Å². The number of hydrogen-bond donors (Lipinski definition) is 1. The second-order valence-electron chi connectivity index (χ2n) is 5.91. The quantitative estimate of drug-likeness (QED) is 0.796. The summed E-state index contributed by atoms with van der Waals surface area (Å²) in [5.74, 6) is 1.11. The van der Waals surface area contributed by atoms with Crippen LogP contribution in [0.4, 0.5) is 0 Å². The van der Waals surface area contributed by atoms with Crippen molar-refractivity contribution >= 4 is 5.91 Å². The maximum atomic E-state index is 12.5. The number of carbonyl (C=O) groups excluding carboxylic acids is 1. The molecule has 4 heteroatoms. The van der Waals surface area contributed by atoms with Gasteiger partial charge in [0.1, 0.15) is 0 Å². The Morgan fingerprint density at radius 1 is 1.22 bits per heavy atom. The predicted molar refractivity (Wildman–Crippen MR) is 73.2 cm³/mol. The van der Waals surface area contributed by atoms with Crippen LogP contribution < -0.4 is 5.73 Å². The lowest BCUT2D eigenvalue weighted by molar-refractivity contribution is -0.138. The number of rotatable bonds is 2. The summed E-state index contributed by atoms with van der Waals surface area (Å²) in [4.78, 5) is 16.9. The molecule has 1 heterocycles. The fourth-order valence-corrected chi connectivity index (χ4v) is 3.12. The van der Waals surface area contributed by atoms with E-state index in [0.29, 0.717) is 11.8 Å². The first-order valence-electron chi connectivity index (χ1n) is 7.38. The summed E-state index contributed by atoms with van der Waals surface area (Å²) in [5.41, 5.74) is 6.10. The van der Waals surface area contributed by atoms with E-state index in [9.17, 15) is 4.79 Å². The molecule has 2 aliphatic rings. The van der Waals surface area contributed by atoms with Crippen LogP contribution in [-0.4, -0.2) is 54.5 Å². The van der Waals surface area contributed by atoms with E-state index in [2.05, 4.69) is 23.6 Å². The maximum Gasteiger partial charge on any atom is 0.225 e. The molecular weight excluding hydrogens is 226 g/mol. The molecule has 0 aromatic heterocycles. The predicted octanol–water partition coefficient (Wildman–Crippen LogP) is 0.914. The lowest BCUT2D eigenvalue weighted by Gasteiger charge is -2.38. The molecule has 1 saturated carbocycles. The Balaban J connectivity index is 1.84. The Hall–Kier alpha value is -0.610. The zero-order valence-electron chi connectivity index (χ0n) is 11.8. The average molecular weight is 253 g/mol. The van der Waals surface area contributed by atoms with Crippen LogP contribution in [0, 0.1) is 11.8 Å². The first-order chi connectivity index (χ1) is 8.61. The van der Waals surface area contributed by atoms with E-state index >= 15 is 0 Å². The second kappa shape index (κ2) is 6.02. The van der Waals surface area contributed by atoms with Gasteiger partial charge in [-0.15, -0.1) is 0 Å². The number of hydrogen-bond acceptors (Lipinski definition) is 3. The van der Waals surface area contributed by atoms with Gasteiger partial charge in [-0.3, -0.25) is 4.79 Å². The van der Waals surface area contributed by atoms with E-state index in [1.54, 1.807) is 0 Å². The highest BCUT2D eigenvalue weighted by molar-refractivity contribution is 5.79. The molecule has 0 aromatic carbocycles. The number of nitrogens with two attached hydrogens (primary N) is 1. The molecule has 2 N–H and O–H groups in total. The Morgan fingerprint density at radius 2 is 1.89 bits per heavy atom. The minimum Gasteiger partial charge on any atom is -0.340 e. The van der Waals surface area contributed by atoms with Gasteiger partial charge in [0.2, 0.25) is 5.91 Å². The summed E-state index contributed by atoms with van der Waals surface area (Å²) in [6.45, 7) is 9.31. The van der Waals surface area contributed by atoms with Gasteiger partial charge in [-0.05, 0) is 31.7 Å². The van der Waals surface area contributed by atoms with E-state index in [1.165, 1.54) is 0 Å². The molecule has 2 rings (SSSR count). The van der Waals surface area contributed by atoms with Gasteiger partial charge in [0, 0.05) is 38.1 Å². The number of piperazine rings is 1. The second-order valence-corrected chi connectivity index (χ2v) is 5.91. The maximum absolute atomic E-state index is 12.5. The van der Waals surface area contributed by atoms with Crippen LogP contribution in [0.2, 0.25) is 0 Å². The topological polar surface area (TPSA) is 49.6 Å². The molecule has 2 fully saturated rings. The van der Waals surface area contributed by atoms with Crippen molar-refractivity contribution in [3.8, 4) is 0 Å². The van der Waals surface area contributed by atoms with Crippen molar-refractivity contribution in [3.05, 3.63) is 0 Å². The molecule has 0 aromatic rings. The number of amides is 1. The van der Waals surface area contributed by atoms with Crippen LogP contribution in [0.3, 0.4) is 0 Å². The lowest BCUT2D eigenvalue weighted by atomic mass is 9.79. The molecule has 1 saturated heterocycles. The van der Waals surface area contributed by atoms with E-state index in [4.69, 9.17) is 5.73 Å². The molecule has 1 aliphatic carbocycles. The highest BCUT2D eigenvalue weighted by Crippen LogP contribution is 2.29. The van der Waals surface area contributed by atoms with Crippen molar-refractivity contribution in [2.24, 2.45) is 17.6 Å². The molecule has 1 amide bonds. The van der Waals surface area contributed by atoms with Gasteiger partial charge in [0.25, 0.3) is 0 Å². The summed E-state index contributed by atoms with van der Waals surface area (Å²) >= 11 is 0. The third-order valence-corrected chi connectivity index (χ3v) is 4.74. The number of likely N-dealkylation sites (N-methyl/N-ethyl adjacent to an activating group) is 1. The zero-order valence-corrected chi connectivity index (χ0v) is 11.8. The summed E-state index contributed by atoms with van der Waals surface area (Å²) in [7, 11) is 0.